The number of benzene rings is 2. The van der Waals surface area contributed by atoms with Crippen LogP contribution in [0.3, 0.4) is 0 Å². The largest absolute Gasteiger partial charge is 0.445 e. The van der Waals surface area contributed by atoms with Crippen molar-refractivity contribution in [3.05, 3.63) is 89.1 Å². The van der Waals surface area contributed by atoms with Gasteiger partial charge in [0.2, 0.25) is 5.91 Å². The number of rotatable bonds is 7. The molecular formula is C25H27F2N3O2. The zero-order valence-corrected chi connectivity index (χ0v) is 18.1. The van der Waals surface area contributed by atoms with E-state index in [2.05, 4.69) is 4.98 Å². The third-order valence-corrected chi connectivity index (χ3v) is 5.73. The van der Waals surface area contributed by atoms with Crippen LogP contribution in [0.25, 0.3) is 0 Å². The molecule has 5 nitrogen and oxygen atoms in total. The molecule has 7 heteroatoms. The third kappa shape index (κ3) is 5.79. The number of carbonyl (C=O) groups excluding carboxylic acids is 1. The van der Waals surface area contributed by atoms with E-state index in [-0.39, 0.29) is 23.5 Å². The molecule has 0 bridgehead atoms. The number of hydrogen-bond acceptors (Lipinski definition) is 4. The number of likely N-dealkylation sites (tertiary alicyclic amines) is 1. The predicted molar refractivity (Wildman–Crippen MR) is 117 cm³/mol. The second kappa shape index (κ2) is 10.0. The molecular weight excluding hydrogens is 412 g/mol. The number of hydrogen-bond donors (Lipinski definition) is 0. The summed E-state index contributed by atoms with van der Waals surface area (Å²) < 4.78 is 32.4. The van der Waals surface area contributed by atoms with E-state index >= 15 is 0 Å². The molecule has 0 unspecified atom stereocenters. The molecule has 1 atom stereocenters. The molecule has 1 saturated heterocycles. The zero-order chi connectivity index (χ0) is 22.5. The first-order valence-corrected chi connectivity index (χ1v) is 10.9. The lowest BCUT2D eigenvalue weighted by atomic mass is 9.98. The summed E-state index contributed by atoms with van der Waals surface area (Å²) in [7, 11) is 1.88. The lowest BCUT2D eigenvalue weighted by Crippen LogP contribution is -2.43. The van der Waals surface area contributed by atoms with Crippen molar-refractivity contribution in [2.75, 3.05) is 26.7 Å². The van der Waals surface area contributed by atoms with Crippen LogP contribution in [0.1, 0.15) is 41.5 Å². The van der Waals surface area contributed by atoms with Crippen molar-refractivity contribution >= 4 is 5.91 Å². The Balaban J connectivity index is 1.32. The van der Waals surface area contributed by atoms with Gasteiger partial charge in [-0.15, -0.1) is 0 Å². The van der Waals surface area contributed by atoms with E-state index in [1.807, 2.05) is 22.9 Å². The smallest absolute Gasteiger partial charge is 0.236 e. The highest BCUT2D eigenvalue weighted by atomic mass is 19.1. The monoisotopic (exact) mass is 439 g/mol. The second-order valence-electron chi connectivity index (χ2n) is 8.45. The molecule has 0 radical (unpaired) electrons. The lowest BCUT2D eigenvalue weighted by molar-refractivity contribution is -0.133. The van der Waals surface area contributed by atoms with Crippen LogP contribution in [0, 0.1) is 11.6 Å². The summed E-state index contributed by atoms with van der Waals surface area (Å²) in [6.07, 6.45) is 3.97. The molecule has 168 valence electrons. The minimum atomic E-state index is -0.270. The fourth-order valence-corrected chi connectivity index (χ4v) is 4.13. The number of halogens is 2. The number of nitrogens with zero attached hydrogens (tertiary/aromatic N) is 3. The van der Waals surface area contributed by atoms with Gasteiger partial charge in [-0.05, 0) is 55.3 Å². The highest BCUT2D eigenvalue weighted by Gasteiger charge is 2.28. The fraction of sp³-hybridized carbons (Fsp3) is 0.360. The van der Waals surface area contributed by atoms with Crippen molar-refractivity contribution in [1.29, 1.82) is 0 Å². The first-order chi connectivity index (χ1) is 15.5. The Morgan fingerprint density at radius 2 is 1.97 bits per heavy atom. The van der Waals surface area contributed by atoms with Crippen LogP contribution >= 0.6 is 0 Å². The lowest BCUT2D eigenvalue weighted by Gasteiger charge is -2.32. The van der Waals surface area contributed by atoms with Crippen LogP contribution in [-0.4, -0.2) is 47.4 Å². The molecule has 1 aliphatic rings. The number of aromatic nitrogens is 1. The van der Waals surface area contributed by atoms with E-state index in [4.69, 9.17) is 4.42 Å². The van der Waals surface area contributed by atoms with Gasteiger partial charge in [0.15, 0.2) is 5.89 Å². The second-order valence-corrected chi connectivity index (χ2v) is 8.45. The SMILES string of the molecule is CN(CC(=O)N1CCC[C@H](c2ncc(Cc3cccc(F)c3)o2)C1)Cc1ccc(F)cc1. The van der Waals surface area contributed by atoms with Gasteiger partial charge in [0, 0.05) is 26.1 Å². The molecule has 4 rings (SSSR count). The van der Waals surface area contributed by atoms with Gasteiger partial charge in [0.05, 0.1) is 18.7 Å². The van der Waals surface area contributed by atoms with Crippen LogP contribution < -0.4 is 0 Å². The number of carbonyl (C=O) groups is 1. The number of amides is 1. The van der Waals surface area contributed by atoms with Crippen LogP contribution in [0.15, 0.2) is 59.1 Å². The molecule has 32 heavy (non-hydrogen) atoms. The first kappa shape index (κ1) is 22.1. The number of likely N-dealkylation sites (N-methyl/N-ethyl adjacent to an activating group) is 1. The van der Waals surface area contributed by atoms with Crippen molar-refractivity contribution in [2.24, 2.45) is 0 Å². The van der Waals surface area contributed by atoms with Crippen LogP contribution in [0.2, 0.25) is 0 Å². The van der Waals surface area contributed by atoms with Crippen LogP contribution in [-0.2, 0) is 17.8 Å². The fourth-order valence-electron chi connectivity index (χ4n) is 4.13. The maximum Gasteiger partial charge on any atom is 0.236 e. The average Bonchev–Trinajstić information content (AvgIpc) is 3.24. The van der Waals surface area contributed by atoms with Gasteiger partial charge in [0.25, 0.3) is 0 Å². The van der Waals surface area contributed by atoms with E-state index in [0.29, 0.717) is 37.7 Å². The summed E-state index contributed by atoms with van der Waals surface area (Å²) in [4.78, 5) is 21.1. The van der Waals surface area contributed by atoms with Gasteiger partial charge in [-0.2, -0.15) is 0 Å². The van der Waals surface area contributed by atoms with Crippen molar-refractivity contribution in [1.82, 2.24) is 14.8 Å². The van der Waals surface area contributed by atoms with Crippen molar-refractivity contribution in [2.45, 2.75) is 31.7 Å². The third-order valence-electron chi connectivity index (χ3n) is 5.73. The molecule has 1 fully saturated rings. The number of piperidine rings is 1. The van der Waals surface area contributed by atoms with E-state index in [9.17, 15) is 13.6 Å². The minimum Gasteiger partial charge on any atom is -0.445 e. The Morgan fingerprint density at radius 1 is 1.16 bits per heavy atom. The topological polar surface area (TPSA) is 49.6 Å². The first-order valence-electron chi connectivity index (χ1n) is 10.9. The van der Waals surface area contributed by atoms with Crippen molar-refractivity contribution in [3.63, 3.8) is 0 Å². The van der Waals surface area contributed by atoms with Crippen LogP contribution in [0.4, 0.5) is 8.78 Å². The Kier molecular flexibility index (Phi) is 6.95. The molecule has 2 heterocycles. The van der Waals surface area contributed by atoms with Crippen molar-refractivity contribution < 1.29 is 18.0 Å². The van der Waals surface area contributed by atoms with Crippen LogP contribution in [0.5, 0.6) is 0 Å². The highest BCUT2D eigenvalue weighted by molar-refractivity contribution is 5.78. The predicted octanol–water partition coefficient (Wildman–Crippen LogP) is 4.38. The normalized spacial score (nSPS) is 16.5. The Bertz CT molecular complexity index is 1050. The van der Waals surface area contributed by atoms with Gasteiger partial charge in [-0.3, -0.25) is 9.69 Å². The minimum absolute atomic E-state index is 0.0522. The summed E-state index contributed by atoms with van der Waals surface area (Å²) in [5, 5.41) is 0. The molecule has 0 N–H and O–H groups in total. The molecule has 2 aromatic carbocycles. The quantitative estimate of drug-likeness (QED) is 0.548. The Hall–Kier alpha value is -3.06. The van der Waals surface area contributed by atoms with Gasteiger partial charge in [0.1, 0.15) is 17.4 Å². The van der Waals surface area contributed by atoms with E-state index in [1.165, 1.54) is 24.3 Å². The van der Waals surface area contributed by atoms with E-state index in [0.717, 1.165) is 30.5 Å². The zero-order valence-electron chi connectivity index (χ0n) is 18.1. The molecule has 0 spiro atoms. The summed E-state index contributed by atoms with van der Waals surface area (Å²) in [6, 6.07) is 12.8. The maximum absolute atomic E-state index is 13.4. The maximum atomic E-state index is 13.4. The Labute approximate surface area is 186 Å². The number of oxazole rings is 1. The van der Waals surface area contributed by atoms with Gasteiger partial charge in [-0.25, -0.2) is 13.8 Å². The average molecular weight is 440 g/mol. The highest BCUT2D eigenvalue weighted by Crippen LogP contribution is 2.27. The molecule has 1 aliphatic heterocycles. The van der Waals surface area contributed by atoms with Gasteiger partial charge < -0.3 is 9.32 Å². The van der Waals surface area contributed by atoms with E-state index in [1.54, 1.807) is 24.4 Å². The molecule has 3 aromatic rings. The summed E-state index contributed by atoms with van der Waals surface area (Å²) in [6.45, 7) is 2.16. The molecule has 0 saturated carbocycles. The summed E-state index contributed by atoms with van der Waals surface area (Å²) in [5.41, 5.74) is 1.79. The standard InChI is InChI=1S/C25H27F2N3O2/c1-29(15-18-7-9-21(26)10-8-18)17-24(31)30-11-3-5-20(16-30)25-28-14-23(32-25)13-19-4-2-6-22(27)12-19/h2,4,6-10,12,14,20H,3,5,11,13,15-17H2,1H3/t20-/m0/s1. The van der Waals surface area contributed by atoms with Gasteiger partial charge >= 0.3 is 0 Å². The van der Waals surface area contributed by atoms with Gasteiger partial charge in [-0.1, -0.05) is 24.3 Å². The molecule has 1 aromatic heterocycles. The van der Waals surface area contributed by atoms with Crippen molar-refractivity contribution in [3.8, 4) is 0 Å². The molecule has 0 aliphatic carbocycles. The molecule has 1 amide bonds. The summed E-state index contributed by atoms with van der Waals surface area (Å²) in [5.74, 6) is 0.898. The van der Waals surface area contributed by atoms with E-state index < -0.39 is 0 Å². The summed E-state index contributed by atoms with van der Waals surface area (Å²) >= 11 is 0. The Morgan fingerprint density at radius 3 is 2.75 bits per heavy atom.